The molecule has 9 heteroatoms. The third-order valence-electron chi connectivity index (χ3n) is 1.23. The summed E-state index contributed by atoms with van der Waals surface area (Å²) in [6.07, 6.45) is 0. The highest BCUT2D eigenvalue weighted by Gasteiger charge is 2.37. The molecular formula is C6H13Cl4N2O2P. The maximum atomic E-state index is 12.0. The number of nitrogens with one attached hydrogen (secondary N) is 2. The fourth-order valence-corrected chi connectivity index (χ4v) is 2.91. The third-order valence-corrected chi connectivity index (χ3v) is 4.67. The first-order valence-corrected chi connectivity index (χ1v) is 7.44. The lowest BCUT2D eigenvalue weighted by molar-refractivity contribution is 0.271. The van der Waals surface area contributed by atoms with E-state index in [-0.39, 0.29) is 0 Å². The van der Waals surface area contributed by atoms with E-state index < -0.39 is 17.0 Å². The van der Waals surface area contributed by atoms with Gasteiger partial charge >= 0.3 is 7.67 Å². The van der Waals surface area contributed by atoms with Gasteiger partial charge in [-0.3, -0.25) is 9.09 Å². The van der Waals surface area contributed by atoms with Gasteiger partial charge in [0, 0.05) is 13.1 Å². The van der Waals surface area contributed by atoms with Gasteiger partial charge in [-0.25, -0.2) is 10.2 Å². The van der Waals surface area contributed by atoms with Crippen molar-refractivity contribution in [1.82, 2.24) is 10.2 Å². The smallest absolute Gasteiger partial charge is 0.282 e. The van der Waals surface area contributed by atoms with Crippen molar-refractivity contribution in [2.24, 2.45) is 0 Å². The molecular weight excluding hydrogens is 305 g/mol. The van der Waals surface area contributed by atoms with Crippen molar-refractivity contribution in [3.05, 3.63) is 0 Å². The normalized spacial score (nSPS) is 15.3. The van der Waals surface area contributed by atoms with E-state index in [0.717, 1.165) is 0 Å². The predicted octanol–water partition coefficient (Wildman–Crippen LogP) is 3.27. The van der Waals surface area contributed by atoms with Gasteiger partial charge in [0.15, 0.2) is 5.56 Å². The average Bonchev–Trinajstić information content (AvgIpc) is 2.02. The zero-order chi connectivity index (χ0) is 12.1. The van der Waals surface area contributed by atoms with E-state index in [0.29, 0.717) is 13.1 Å². The molecule has 0 saturated carbocycles. The summed E-state index contributed by atoms with van der Waals surface area (Å²) in [5.74, 6) is 0. The van der Waals surface area contributed by atoms with E-state index in [4.69, 9.17) is 50.9 Å². The fourth-order valence-electron chi connectivity index (χ4n) is 0.737. The molecule has 0 aromatic carbocycles. The summed E-state index contributed by atoms with van der Waals surface area (Å²) in [6.45, 7) is 4.42. The first-order valence-electron chi connectivity index (χ1n) is 4.24. The molecule has 2 N–H and O–H groups in total. The highest BCUT2D eigenvalue weighted by Crippen LogP contribution is 2.45. The summed E-state index contributed by atoms with van der Waals surface area (Å²) in [6, 6.07) is 0. The van der Waals surface area contributed by atoms with Crippen LogP contribution in [0.4, 0.5) is 0 Å². The summed E-state index contributed by atoms with van der Waals surface area (Å²) in [5, 5.41) is 5.25. The van der Waals surface area contributed by atoms with Gasteiger partial charge in [0.25, 0.3) is 0 Å². The summed E-state index contributed by atoms with van der Waals surface area (Å²) >= 11 is 22.1. The van der Waals surface area contributed by atoms with Crippen molar-refractivity contribution in [1.29, 1.82) is 0 Å². The van der Waals surface area contributed by atoms with Crippen LogP contribution in [0.2, 0.25) is 0 Å². The van der Waals surface area contributed by atoms with E-state index in [2.05, 4.69) is 10.2 Å². The van der Waals surface area contributed by atoms with E-state index in [9.17, 15) is 4.57 Å². The first-order chi connectivity index (χ1) is 6.75. The minimum atomic E-state index is -3.26. The molecule has 0 aromatic heterocycles. The zero-order valence-electron chi connectivity index (χ0n) is 8.27. The Hall–Kier alpha value is 1.27. The van der Waals surface area contributed by atoms with Gasteiger partial charge < -0.3 is 0 Å². The van der Waals surface area contributed by atoms with Crippen LogP contribution in [0.3, 0.4) is 0 Å². The Bertz CT molecular complexity index is 226. The molecule has 0 saturated heterocycles. The van der Waals surface area contributed by atoms with Gasteiger partial charge in [0.05, 0.1) is 0 Å². The maximum Gasteiger partial charge on any atom is 0.342 e. The Morgan fingerprint density at radius 3 is 1.93 bits per heavy atom. The maximum absolute atomic E-state index is 12.0. The summed E-state index contributed by atoms with van der Waals surface area (Å²) in [5.41, 5.74) is -1.30. The number of rotatable bonds is 6. The van der Waals surface area contributed by atoms with Crippen LogP contribution in [-0.4, -0.2) is 22.4 Å². The van der Waals surface area contributed by atoms with Crippen LogP contribution in [0.15, 0.2) is 0 Å². The fraction of sp³-hybridized carbons (Fsp3) is 1.00. The molecule has 1 atom stereocenters. The lowest BCUT2D eigenvalue weighted by Gasteiger charge is -2.25. The molecule has 0 heterocycles. The number of hydrogen-bond donors (Lipinski definition) is 2. The molecule has 0 aromatic rings. The van der Waals surface area contributed by atoms with Crippen LogP contribution < -0.4 is 10.2 Å². The second kappa shape index (κ2) is 6.87. The van der Waals surface area contributed by atoms with Gasteiger partial charge in [0.2, 0.25) is 3.79 Å². The second-order valence-corrected chi connectivity index (χ2v) is 7.25. The van der Waals surface area contributed by atoms with Crippen LogP contribution in [0, 0.1) is 0 Å². The van der Waals surface area contributed by atoms with Crippen molar-refractivity contribution in [3.8, 4) is 0 Å². The minimum absolute atomic E-state index is 0.438. The highest BCUT2D eigenvalue weighted by molar-refractivity contribution is 7.54. The lowest BCUT2D eigenvalue weighted by atomic mass is 10.8. The Balaban J connectivity index is 4.48. The molecule has 0 fully saturated rings. The number of halogens is 4. The quantitative estimate of drug-likeness (QED) is 0.583. The summed E-state index contributed by atoms with van der Waals surface area (Å²) in [7, 11) is -3.26. The summed E-state index contributed by atoms with van der Waals surface area (Å²) in [4.78, 5) is 0. The Kier molecular flexibility index (Phi) is 7.46. The van der Waals surface area contributed by atoms with Crippen molar-refractivity contribution >= 4 is 54.1 Å². The topological polar surface area (TPSA) is 50.4 Å². The van der Waals surface area contributed by atoms with Crippen LogP contribution >= 0.6 is 54.1 Å². The number of alkyl halides is 4. The van der Waals surface area contributed by atoms with Crippen LogP contribution in [0.1, 0.15) is 13.8 Å². The Labute approximate surface area is 109 Å². The first kappa shape index (κ1) is 16.3. The van der Waals surface area contributed by atoms with Gasteiger partial charge in [-0.1, -0.05) is 60.3 Å². The molecule has 0 aliphatic rings. The largest absolute Gasteiger partial charge is 0.342 e. The second-order valence-electron chi connectivity index (χ2n) is 2.54. The van der Waals surface area contributed by atoms with E-state index in [1.54, 1.807) is 13.8 Å². The molecule has 0 bridgehead atoms. The molecule has 1 unspecified atom stereocenters. The van der Waals surface area contributed by atoms with E-state index in [1.807, 2.05) is 0 Å². The third kappa shape index (κ3) is 6.54. The molecule has 0 amide bonds. The SMILES string of the molecule is CCNP(=O)(NCC)OC(Cl)C(Cl)(Cl)Cl. The average molecular weight is 318 g/mol. The molecule has 0 radical (unpaired) electrons. The van der Waals surface area contributed by atoms with Crippen LogP contribution in [0.5, 0.6) is 0 Å². The van der Waals surface area contributed by atoms with Gasteiger partial charge in [-0.05, 0) is 0 Å². The molecule has 4 nitrogen and oxygen atoms in total. The van der Waals surface area contributed by atoms with Crippen molar-refractivity contribution in [3.63, 3.8) is 0 Å². The molecule has 0 rings (SSSR count). The van der Waals surface area contributed by atoms with Gasteiger partial charge in [-0.15, -0.1) is 0 Å². The van der Waals surface area contributed by atoms with Crippen molar-refractivity contribution in [2.45, 2.75) is 23.2 Å². The monoisotopic (exact) mass is 316 g/mol. The highest BCUT2D eigenvalue weighted by atomic mass is 35.6. The predicted molar refractivity (Wildman–Crippen MR) is 66.0 cm³/mol. The lowest BCUT2D eigenvalue weighted by Crippen LogP contribution is -2.30. The standard InChI is InChI=1S/C6H13Cl4N2O2P/c1-3-11-15(13,12-4-2)14-5(7)6(8,9)10/h5H,3-4H2,1-2H3,(H2,11,12,13). The summed E-state index contributed by atoms with van der Waals surface area (Å²) < 4.78 is 15.1. The molecule has 15 heavy (non-hydrogen) atoms. The molecule has 0 aliphatic heterocycles. The van der Waals surface area contributed by atoms with E-state index in [1.165, 1.54) is 0 Å². The molecule has 0 spiro atoms. The molecule has 0 aliphatic carbocycles. The minimum Gasteiger partial charge on any atom is -0.282 e. The number of hydrogen-bond acceptors (Lipinski definition) is 2. The zero-order valence-corrected chi connectivity index (χ0v) is 12.2. The van der Waals surface area contributed by atoms with Crippen molar-refractivity contribution in [2.75, 3.05) is 13.1 Å². The van der Waals surface area contributed by atoms with Crippen LogP contribution in [0.25, 0.3) is 0 Å². The Morgan fingerprint density at radius 1 is 1.27 bits per heavy atom. The van der Waals surface area contributed by atoms with Gasteiger partial charge in [0.1, 0.15) is 0 Å². The van der Waals surface area contributed by atoms with E-state index >= 15 is 0 Å². The molecule has 92 valence electrons. The van der Waals surface area contributed by atoms with Crippen molar-refractivity contribution < 1.29 is 9.09 Å². The van der Waals surface area contributed by atoms with Gasteiger partial charge in [-0.2, -0.15) is 0 Å². The van der Waals surface area contributed by atoms with Crippen LogP contribution in [-0.2, 0) is 9.09 Å². The Morgan fingerprint density at radius 2 is 1.67 bits per heavy atom.